The Morgan fingerprint density at radius 3 is 2.54 bits per heavy atom. The number of anilines is 1. The highest BCUT2D eigenvalue weighted by molar-refractivity contribution is 8.00. The summed E-state index contributed by atoms with van der Waals surface area (Å²) < 4.78 is 15.1. The minimum atomic E-state index is -0.921. The number of rotatable bonds is 10. The number of thioether (sulfide) groups is 1. The Balaban J connectivity index is 0.00000533. The first-order chi connectivity index (χ1) is 18.1. The Kier molecular flexibility index (Phi) is 11.6. The second-order valence-electron chi connectivity index (χ2n) is 8.28. The summed E-state index contributed by atoms with van der Waals surface area (Å²) in [5, 5.41) is 4.09. The molecular formula is C23H30ClN5O8S2. The lowest BCUT2D eigenvalue weighted by Crippen LogP contribution is -2.70. The maximum atomic E-state index is 13.2. The first-order valence-corrected chi connectivity index (χ1v) is 13.6. The summed E-state index contributed by atoms with van der Waals surface area (Å²) in [7, 11) is 3.01. The molecule has 2 atom stereocenters. The summed E-state index contributed by atoms with van der Waals surface area (Å²) in [5.74, 6) is -2.30. The van der Waals surface area contributed by atoms with E-state index >= 15 is 0 Å². The molecule has 16 heteroatoms. The highest BCUT2D eigenvalue weighted by atomic mass is 35.5. The number of ether oxygens (including phenoxy) is 3. The lowest BCUT2D eigenvalue weighted by atomic mass is 10.0. The van der Waals surface area contributed by atoms with Crippen LogP contribution in [0.4, 0.5) is 9.93 Å². The predicted molar refractivity (Wildman–Crippen MR) is 146 cm³/mol. The van der Waals surface area contributed by atoms with E-state index in [2.05, 4.69) is 10.3 Å². The van der Waals surface area contributed by atoms with Gasteiger partial charge in [-0.15, -0.1) is 35.5 Å². The molecule has 0 saturated carbocycles. The molecule has 0 aliphatic carbocycles. The number of β-lactam (4-membered cyclic amide) rings is 1. The number of nitrogens with one attached hydrogen (secondary N) is 1. The zero-order chi connectivity index (χ0) is 28.0. The Bertz CT molecular complexity index is 1180. The molecule has 0 bridgehead atoms. The normalized spacial score (nSPS) is 18.3. The van der Waals surface area contributed by atoms with Crippen LogP contribution >= 0.6 is 35.5 Å². The van der Waals surface area contributed by atoms with Crippen LogP contribution in [0.3, 0.4) is 0 Å². The third-order valence-corrected chi connectivity index (χ3v) is 7.43. The number of fused-ring (bicyclic) bond motifs is 1. The standard InChI is InChI=1S/C23H29N5O8S2.ClH/c1-5-7-13(14-10-38-22(24)25-14)18(30)26-16-19(31)28-17(21(32)36-11-35-15(29)6-2)12(9-37-20(16)28)8-34-23(33)27(3)4;/h7,10,16,20H,5-6,8-9,11H2,1-4H3,(H2,24,25)(H,26,30);1H/b13-7+;. The Morgan fingerprint density at radius 1 is 1.23 bits per heavy atom. The molecule has 39 heavy (non-hydrogen) atoms. The molecule has 2 unspecified atom stereocenters. The van der Waals surface area contributed by atoms with Crippen LogP contribution in [0.2, 0.25) is 0 Å². The van der Waals surface area contributed by atoms with Gasteiger partial charge in [0.2, 0.25) is 6.79 Å². The third-order valence-electron chi connectivity index (χ3n) is 5.41. The minimum absolute atomic E-state index is 0. The number of nitrogen functional groups attached to an aromatic ring is 1. The number of carbonyl (C=O) groups is 5. The van der Waals surface area contributed by atoms with E-state index in [1.54, 1.807) is 18.4 Å². The number of allylic oxidation sites excluding steroid dienone is 1. The second kappa shape index (κ2) is 14.2. The molecule has 214 valence electrons. The molecule has 3 N–H and O–H groups in total. The quantitative estimate of drug-likeness (QED) is 0.173. The van der Waals surface area contributed by atoms with E-state index in [-0.39, 0.29) is 42.5 Å². The van der Waals surface area contributed by atoms with E-state index in [0.717, 1.165) is 0 Å². The Morgan fingerprint density at radius 2 is 1.95 bits per heavy atom. The molecule has 1 fully saturated rings. The van der Waals surface area contributed by atoms with Crippen molar-refractivity contribution in [1.82, 2.24) is 20.1 Å². The molecule has 2 aliphatic rings. The molecule has 1 aromatic rings. The van der Waals surface area contributed by atoms with Gasteiger partial charge in [-0.3, -0.25) is 19.3 Å². The van der Waals surface area contributed by atoms with Crippen LogP contribution in [0.25, 0.3) is 5.57 Å². The number of nitrogens with two attached hydrogens (primary N) is 1. The van der Waals surface area contributed by atoms with Gasteiger partial charge in [0.15, 0.2) is 5.13 Å². The average molecular weight is 604 g/mol. The van der Waals surface area contributed by atoms with E-state index in [1.807, 2.05) is 6.92 Å². The van der Waals surface area contributed by atoms with Gasteiger partial charge < -0.3 is 30.2 Å². The average Bonchev–Trinajstić information content (AvgIpc) is 3.33. The summed E-state index contributed by atoms with van der Waals surface area (Å²) in [6.07, 6.45) is 1.71. The van der Waals surface area contributed by atoms with Crippen LogP contribution in [0, 0.1) is 0 Å². The van der Waals surface area contributed by atoms with E-state index in [9.17, 15) is 24.0 Å². The SMILES string of the molecule is CC/C=C(/C(=O)NC1C(=O)N2C(C(=O)OCOC(=O)CC)=C(COC(=O)N(C)C)CSC12)c1csc(N)n1.Cl. The van der Waals surface area contributed by atoms with Crippen LogP contribution in [0.5, 0.6) is 0 Å². The van der Waals surface area contributed by atoms with Gasteiger partial charge in [-0.05, 0) is 6.42 Å². The molecule has 2 aliphatic heterocycles. The van der Waals surface area contributed by atoms with Crippen molar-refractivity contribution in [3.63, 3.8) is 0 Å². The number of hydrogen-bond acceptors (Lipinski definition) is 12. The van der Waals surface area contributed by atoms with Gasteiger partial charge in [0, 0.05) is 37.2 Å². The number of hydrogen-bond donors (Lipinski definition) is 2. The van der Waals surface area contributed by atoms with Gasteiger partial charge in [0.25, 0.3) is 11.8 Å². The fourth-order valence-electron chi connectivity index (χ4n) is 3.53. The van der Waals surface area contributed by atoms with Crippen LogP contribution in [0.1, 0.15) is 32.4 Å². The largest absolute Gasteiger partial charge is 0.445 e. The number of nitrogens with zero attached hydrogens (tertiary/aromatic N) is 3. The Hall–Kier alpha value is -3.30. The molecule has 0 spiro atoms. The third kappa shape index (κ3) is 7.42. The molecule has 0 aromatic carbocycles. The van der Waals surface area contributed by atoms with Crippen LogP contribution in [0.15, 0.2) is 22.7 Å². The number of aromatic nitrogens is 1. The number of esters is 2. The van der Waals surface area contributed by atoms with E-state index in [0.29, 0.717) is 22.8 Å². The summed E-state index contributed by atoms with van der Waals surface area (Å²) in [6.45, 7) is 2.55. The van der Waals surface area contributed by atoms with Crippen LogP contribution in [-0.2, 0) is 33.4 Å². The van der Waals surface area contributed by atoms with Crippen LogP contribution < -0.4 is 11.1 Å². The summed E-state index contributed by atoms with van der Waals surface area (Å²) in [4.78, 5) is 69.1. The van der Waals surface area contributed by atoms with Gasteiger partial charge in [-0.1, -0.05) is 19.9 Å². The number of amides is 3. The first kappa shape index (κ1) is 31.9. The lowest BCUT2D eigenvalue weighted by molar-refractivity contribution is -0.167. The Labute approximate surface area is 239 Å². The van der Waals surface area contributed by atoms with E-state index < -0.39 is 48.1 Å². The van der Waals surface area contributed by atoms with Crippen LogP contribution in [-0.4, -0.2) is 89.3 Å². The number of thiazole rings is 1. The fourth-order valence-corrected chi connectivity index (χ4v) is 5.42. The molecule has 0 radical (unpaired) electrons. The number of carbonyl (C=O) groups excluding carboxylic acids is 5. The molecule has 3 rings (SSSR count). The first-order valence-electron chi connectivity index (χ1n) is 11.6. The van der Waals surface area contributed by atoms with Crippen molar-refractivity contribution in [2.45, 2.75) is 38.1 Å². The monoisotopic (exact) mass is 603 g/mol. The molecule has 3 heterocycles. The molecule has 1 aromatic heterocycles. The van der Waals surface area contributed by atoms with Gasteiger partial charge in [0.05, 0.1) is 11.3 Å². The van der Waals surface area contributed by atoms with Gasteiger partial charge in [-0.25, -0.2) is 14.6 Å². The van der Waals surface area contributed by atoms with Gasteiger partial charge >= 0.3 is 18.0 Å². The maximum absolute atomic E-state index is 13.2. The highest BCUT2D eigenvalue weighted by Crippen LogP contribution is 2.41. The maximum Gasteiger partial charge on any atom is 0.409 e. The minimum Gasteiger partial charge on any atom is -0.445 e. The zero-order valence-corrected chi connectivity index (χ0v) is 24.2. The smallest absolute Gasteiger partial charge is 0.409 e. The highest BCUT2D eigenvalue weighted by Gasteiger charge is 2.54. The molecular weight excluding hydrogens is 574 g/mol. The molecule has 3 amide bonds. The van der Waals surface area contributed by atoms with Crippen molar-refractivity contribution >= 4 is 76.1 Å². The number of halogens is 1. The summed E-state index contributed by atoms with van der Waals surface area (Å²) in [6, 6.07) is -0.921. The summed E-state index contributed by atoms with van der Waals surface area (Å²) in [5.41, 5.74) is 6.64. The van der Waals surface area contributed by atoms with Crippen molar-refractivity contribution in [3.05, 3.63) is 28.4 Å². The van der Waals surface area contributed by atoms with E-state index in [4.69, 9.17) is 19.9 Å². The topological polar surface area (TPSA) is 170 Å². The van der Waals surface area contributed by atoms with Gasteiger partial charge in [-0.2, -0.15) is 0 Å². The molecule has 13 nitrogen and oxygen atoms in total. The predicted octanol–water partition coefficient (Wildman–Crippen LogP) is 1.75. The van der Waals surface area contributed by atoms with Gasteiger partial charge in [0.1, 0.15) is 23.7 Å². The lowest BCUT2D eigenvalue weighted by Gasteiger charge is -2.49. The summed E-state index contributed by atoms with van der Waals surface area (Å²) >= 11 is 2.49. The molecule has 1 saturated heterocycles. The van der Waals surface area contributed by atoms with Crippen molar-refractivity contribution in [3.8, 4) is 0 Å². The van der Waals surface area contributed by atoms with Crippen molar-refractivity contribution in [2.24, 2.45) is 0 Å². The second-order valence-corrected chi connectivity index (χ2v) is 10.3. The fraction of sp³-hybridized carbons (Fsp3) is 0.478. The zero-order valence-electron chi connectivity index (χ0n) is 21.8. The van der Waals surface area contributed by atoms with Crippen molar-refractivity contribution in [2.75, 3.05) is 39.0 Å². The van der Waals surface area contributed by atoms with Crippen molar-refractivity contribution < 1.29 is 38.2 Å². The van der Waals surface area contributed by atoms with E-state index in [1.165, 1.54) is 47.0 Å². The van der Waals surface area contributed by atoms with Crippen molar-refractivity contribution in [1.29, 1.82) is 0 Å².